The number of carbonyl (C=O) groups is 1. The number of ether oxygens (including phenoxy) is 2. The molecule has 1 atom stereocenters. The molecule has 0 spiro atoms. The molecule has 4 heteroatoms. The highest BCUT2D eigenvalue weighted by Crippen LogP contribution is 2.25. The van der Waals surface area contributed by atoms with Crippen molar-refractivity contribution in [2.24, 2.45) is 5.92 Å². The molecule has 4 nitrogen and oxygen atoms in total. The molecule has 138 valence electrons. The van der Waals surface area contributed by atoms with Crippen molar-refractivity contribution in [1.29, 1.82) is 0 Å². The van der Waals surface area contributed by atoms with Crippen molar-refractivity contribution in [2.75, 3.05) is 26.4 Å². The highest BCUT2D eigenvalue weighted by atomic mass is 16.5. The second kappa shape index (κ2) is 9.39. The topological polar surface area (TPSA) is 47.6 Å². The Hall–Kier alpha value is -2.33. The molecule has 0 aliphatic carbocycles. The van der Waals surface area contributed by atoms with Crippen LogP contribution in [0.2, 0.25) is 0 Å². The van der Waals surface area contributed by atoms with Gasteiger partial charge < -0.3 is 14.8 Å². The summed E-state index contributed by atoms with van der Waals surface area (Å²) in [4.78, 5) is 12.4. The average molecular weight is 353 g/mol. The molecule has 1 aliphatic heterocycles. The van der Waals surface area contributed by atoms with Crippen molar-refractivity contribution in [3.63, 3.8) is 0 Å². The van der Waals surface area contributed by atoms with Crippen LogP contribution in [0.4, 0.5) is 0 Å². The van der Waals surface area contributed by atoms with E-state index in [2.05, 4.69) is 5.32 Å². The molecule has 1 aliphatic rings. The third-order valence-electron chi connectivity index (χ3n) is 4.70. The highest BCUT2D eigenvalue weighted by molar-refractivity contribution is 5.95. The van der Waals surface area contributed by atoms with Crippen LogP contribution in [0.15, 0.2) is 48.5 Å². The van der Waals surface area contributed by atoms with Crippen LogP contribution in [-0.2, 0) is 4.74 Å². The zero-order chi connectivity index (χ0) is 18.2. The minimum absolute atomic E-state index is 0.0181. The zero-order valence-corrected chi connectivity index (χ0v) is 15.4. The van der Waals surface area contributed by atoms with E-state index in [4.69, 9.17) is 9.47 Å². The van der Waals surface area contributed by atoms with E-state index in [0.29, 0.717) is 24.6 Å². The monoisotopic (exact) mass is 353 g/mol. The van der Waals surface area contributed by atoms with Crippen LogP contribution in [0.25, 0.3) is 11.1 Å². The largest absolute Gasteiger partial charge is 0.494 e. The number of carbonyl (C=O) groups excluding carboxylic acids is 1. The Morgan fingerprint density at radius 3 is 2.77 bits per heavy atom. The quantitative estimate of drug-likeness (QED) is 0.720. The van der Waals surface area contributed by atoms with Crippen LogP contribution < -0.4 is 10.1 Å². The number of amides is 1. The molecule has 2 aromatic carbocycles. The molecule has 1 saturated heterocycles. The SMILES string of the molecule is CCOc1cccc(-c2cccc(C(=O)NCCC[C@H]3CCOC3)c2)c1. The second-order valence-corrected chi connectivity index (χ2v) is 6.67. The van der Waals surface area contributed by atoms with Gasteiger partial charge in [-0.3, -0.25) is 4.79 Å². The molecule has 0 bridgehead atoms. The fraction of sp³-hybridized carbons (Fsp3) is 0.409. The molecule has 0 unspecified atom stereocenters. The average Bonchev–Trinajstić information content (AvgIpc) is 3.19. The van der Waals surface area contributed by atoms with Gasteiger partial charge in [-0.25, -0.2) is 0 Å². The molecule has 1 N–H and O–H groups in total. The first-order valence-electron chi connectivity index (χ1n) is 9.45. The predicted molar refractivity (Wildman–Crippen MR) is 104 cm³/mol. The standard InChI is InChI=1S/C22H27NO3/c1-2-26-21-10-4-8-19(15-21)18-7-3-9-20(14-18)22(24)23-12-5-6-17-11-13-25-16-17/h3-4,7-10,14-15,17H,2,5-6,11-13,16H2,1H3,(H,23,24)/t17-/m0/s1. The molecular weight excluding hydrogens is 326 g/mol. The van der Waals surface area contributed by atoms with Gasteiger partial charge in [0.15, 0.2) is 0 Å². The molecule has 0 radical (unpaired) electrons. The van der Waals surface area contributed by atoms with Crippen molar-refractivity contribution >= 4 is 5.91 Å². The van der Waals surface area contributed by atoms with Gasteiger partial charge in [0, 0.05) is 25.3 Å². The van der Waals surface area contributed by atoms with Gasteiger partial charge in [0.1, 0.15) is 5.75 Å². The Kier molecular flexibility index (Phi) is 6.67. The van der Waals surface area contributed by atoms with Gasteiger partial charge in [0.25, 0.3) is 5.91 Å². The van der Waals surface area contributed by atoms with Gasteiger partial charge in [0.05, 0.1) is 6.61 Å². The van der Waals surface area contributed by atoms with E-state index in [-0.39, 0.29) is 5.91 Å². The summed E-state index contributed by atoms with van der Waals surface area (Å²) in [6.45, 7) is 5.07. The normalized spacial score (nSPS) is 16.4. The fourth-order valence-corrected chi connectivity index (χ4v) is 3.28. The molecule has 26 heavy (non-hydrogen) atoms. The minimum atomic E-state index is -0.0181. The van der Waals surface area contributed by atoms with Crippen molar-refractivity contribution in [1.82, 2.24) is 5.32 Å². The number of hydrogen-bond acceptors (Lipinski definition) is 3. The Balaban J connectivity index is 1.57. The lowest BCUT2D eigenvalue weighted by Crippen LogP contribution is -2.24. The predicted octanol–water partition coefficient (Wildman–Crippen LogP) is 4.30. The maximum atomic E-state index is 12.4. The smallest absolute Gasteiger partial charge is 0.251 e. The summed E-state index contributed by atoms with van der Waals surface area (Å²) in [5.74, 6) is 1.49. The van der Waals surface area contributed by atoms with E-state index in [9.17, 15) is 4.79 Å². The van der Waals surface area contributed by atoms with Crippen molar-refractivity contribution in [3.05, 3.63) is 54.1 Å². The van der Waals surface area contributed by atoms with Gasteiger partial charge >= 0.3 is 0 Å². The Bertz CT molecular complexity index is 723. The molecule has 3 rings (SSSR count). The molecule has 1 heterocycles. The summed E-state index contributed by atoms with van der Waals surface area (Å²) in [6, 6.07) is 15.7. The van der Waals surface area contributed by atoms with Crippen LogP contribution in [0.1, 0.15) is 36.5 Å². The minimum Gasteiger partial charge on any atom is -0.494 e. The summed E-state index contributed by atoms with van der Waals surface area (Å²) in [7, 11) is 0. The van der Waals surface area contributed by atoms with E-state index in [0.717, 1.165) is 49.4 Å². The van der Waals surface area contributed by atoms with Gasteiger partial charge in [0.2, 0.25) is 0 Å². The lowest BCUT2D eigenvalue weighted by molar-refractivity contribution is 0.0952. The number of rotatable bonds is 8. The third kappa shape index (κ3) is 5.09. The van der Waals surface area contributed by atoms with Crippen molar-refractivity contribution in [3.8, 4) is 16.9 Å². The van der Waals surface area contributed by atoms with Crippen LogP contribution in [-0.4, -0.2) is 32.3 Å². The van der Waals surface area contributed by atoms with Gasteiger partial charge in [-0.15, -0.1) is 0 Å². The molecule has 0 aromatic heterocycles. The third-order valence-corrected chi connectivity index (χ3v) is 4.70. The van der Waals surface area contributed by atoms with E-state index in [1.165, 1.54) is 0 Å². The molecule has 0 saturated carbocycles. The van der Waals surface area contributed by atoms with Crippen LogP contribution in [0, 0.1) is 5.92 Å². The second-order valence-electron chi connectivity index (χ2n) is 6.67. The summed E-state index contributed by atoms with van der Waals surface area (Å²) in [5, 5.41) is 3.03. The van der Waals surface area contributed by atoms with Crippen LogP contribution in [0.5, 0.6) is 5.75 Å². The fourth-order valence-electron chi connectivity index (χ4n) is 3.28. The maximum Gasteiger partial charge on any atom is 0.251 e. The highest BCUT2D eigenvalue weighted by Gasteiger charge is 2.15. The van der Waals surface area contributed by atoms with Crippen LogP contribution in [0.3, 0.4) is 0 Å². The number of nitrogens with one attached hydrogen (secondary N) is 1. The van der Waals surface area contributed by atoms with Gasteiger partial charge in [-0.05, 0) is 67.5 Å². The Labute approximate surface area is 155 Å². The van der Waals surface area contributed by atoms with Crippen molar-refractivity contribution < 1.29 is 14.3 Å². The van der Waals surface area contributed by atoms with E-state index < -0.39 is 0 Å². The summed E-state index contributed by atoms with van der Waals surface area (Å²) in [6.07, 6.45) is 3.26. The molecule has 2 aromatic rings. The van der Waals surface area contributed by atoms with Crippen molar-refractivity contribution in [2.45, 2.75) is 26.2 Å². The molecule has 1 amide bonds. The molecular formula is C22H27NO3. The first-order chi connectivity index (χ1) is 12.8. The lowest BCUT2D eigenvalue weighted by Gasteiger charge is -2.10. The number of hydrogen-bond donors (Lipinski definition) is 1. The van der Waals surface area contributed by atoms with Crippen LogP contribution >= 0.6 is 0 Å². The molecule has 1 fully saturated rings. The summed E-state index contributed by atoms with van der Waals surface area (Å²) >= 11 is 0. The Morgan fingerprint density at radius 2 is 2.00 bits per heavy atom. The first kappa shape index (κ1) is 18.5. The first-order valence-corrected chi connectivity index (χ1v) is 9.45. The Morgan fingerprint density at radius 1 is 1.19 bits per heavy atom. The zero-order valence-electron chi connectivity index (χ0n) is 15.4. The summed E-state index contributed by atoms with van der Waals surface area (Å²) < 4.78 is 11.0. The maximum absolute atomic E-state index is 12.4. The van der Waals surface area contributed by atoms with Gasteiger partial charge in [-0.1, -0.05) is 24.3 Å². The lowest BCUT2D eigenvalue weighted by atomic mass is 10.0. The number of benzene rings is 2. The van der Waals surface area contributed by atoms with E-state index in [1.54, 1.807) is 0 Å². The van der Waals surface area contributed by atoms with Gasteiger partial charge in [-0.2, -0.15) is 0 Å². The van der Waals surface area contributed by atoms with E-state index >= 15 is 0 Å². The van der Waals surface area contributed by atoms with E-state index in [1.807, 2.05) is 55.5 Å². The summed E-state index contributed by atoms with van der Waals surface area (Å²) in [5.41, 5.74) is 2.75.